The lowest BCUT2D eigenvalue weighted by Gasteiger charge is -2.11. The Morgan fingerprint density at radius 2 is 2.38 bits per heavy atom. The van der Waals surface area contributed by atoms with E-state index in [9.17, 15) is 4.79 Å². The lowest BCUT2D eigenvalue weighted by molar-refractivity contribution is -0.139. The number of benzene rings is 1. The van der Waals surface area contributed by atoms with Crippen molar-refractivity contribution in [3.05, 3.63) is 26.8 Å². The minimum Gasteiger partial charge on any atom is -0.468 e. The summed E-state index contributed by atoms with van der Waals surface area (Å²) in [6.45, 7) is 0.424. The van der Waals surface area contributed by atoms with Gasteiger partial charge in [-0.3, -0.25) is 4.79 Å². The third-order valence-electron chi connectivity index (χ3n) is 1.86. The lowest BCUT2D eigenvalue weighted by atomic mass is 10.3. The molecule has 0 amide bonds. The molecule has 1 aromatic rings. The smallest absolute Gasteiger partial charge is 0.321 e. The second-order valence-corrected chi connectivity index (χ2v) is 5.75. The lowest BCUT2D eigenvalue weighted by Crippen LogP contribution is -2.24. The number of halogens is 3. The second-order valence-electron chi connectivity index (χ2n) is 3.00. The van der Waals surface area contributed by atoms with Crippen LogP contribution in [0.25, 0.3) is 0 Å². The Morgan fingerprint density at radius 1 is 1.69 bits per heavy atom. The van der Waals surface area contributed by atoms with Crippen molar-refractivity contribution in [1.29, 1.82) is 0 Å². The number of carbonyl (C=O) groups excluding carboxylic acids is 1. The number of hydrogen-bond acceptors (Lipinski definition) is 3. The summed E-state index contributed by atoms with van der Waals surface area (Å²) in [7, 11) is 1.36. The summed E-state index contributed by atoms with van der Waals surface area (Å²) < 4.78 is 5.66. The number of esters is 1. The van der Waals surface area contributed by atoms with Crippen LogP contribution in [0.4, 0.5) is 5.69 Å². The molecule has 88 valence electrons. The first-order valence-corrected chi connectivity index (χ1v) is 6.82. The number of rotatable bonds is 4. The van der Waals surface area contributed by atoms with Gasteiger partial charge < -0.3 is 10.1 Å². The molecule has 3 nitrogen and oxygen atoms in total. The Hall–Kier alpha value is -0.0100. The summed E-state index contributed by atoms with van der Waals surface area (Å²) in [5, 5.41) is 3.71. The number of hydrogen-bond donors (Lipinski definition) is 1. The zero-order chi connectivity index (χ0) is 12.1. The summed E-state index contributed by atoms with van der Waals surface area (Å²) in [6.07, 6.45) is 0. The first-order valence-electron chi connectivity index (χ1n) is 4.45. The highest BCUT2D eigenvalue weighted by Crippen LogP contribution is 2.24. The van der Waals surface area contributed by atoms with Gasteiger partial charge in [0.05, 0.1) is 17.8 Å². The monoisotopic (exact) mass is 417 g/mol. The summed E-state index contributed by atoms with van der Waals surface area (Å²) >= 11 is 11.4. The molecule has 0 saturated carbocycles. The fourth-order valence-electron chi connectivity index (χ4n) is 1.04. The molecule has 0 heterocycles. The van der Waals surface area contributed by atoms with Crippen molar-refractivity contribution in [2.75, 3.05) is 19.0 Å². The van der Waals surface area contributed by atoms with E-state index in [1.807, 2.05) is 18.2 Å². The van der Waals surface area contributed by atoms with Crippen LogP contribution in [0, 0.1) is 3.57 Å². The molecular formula is C10H10BrClINO2. The van der Waals surface area contributed by atoms with E-state index >= 15 is 0 Å². The standard InChI is InChI=1S/C10H10BrClINO2/c1-16-10(15)7(11)5-14-9-3-2-6(13)4-8(9)12/h2-4,7,14H,5H2,1H3. The summed E-state index contributed by atoms with van der Waals surface area (Å²) in [6, 6.07) is 5.67. The molecule has 0 aliphatic rings. The third kappa shape index (κ3) is 4.10. The number of nitrogens with one attached hydrogen (secondary N) is 1. The predicted molar refractivity (Wildman–Crippen MR) is 77.4 cm³/mol. The molecular weight excluding hydrogens is 408 g/mol. The minimum atomic E-state index is -0.382. The first-order chi connectivity index (χ1) is 7.54. The zero-order valence-electron chi connectivity index (χ0n) is 8.47. The van der Waals surface area contributed by atoms with E-state index in [-0.39, 0.29) is 10.8 Å². The summed E-state index contributed by atoms with van der Waals surface area (Å²) in [5.41, 5.74) is 0.801. The van der Waals surface area contributed by atoms with Gasteiger partial charge >= 0.3 is 5.97 Å². The van der Waals surface area contributed by atoms with E-state index in [0.717, 1.165) is 9.26 Å². The third-order valence-corrected chi connectivity index (χ3v) is 3.54. The number of ether oxygens (including phenoxy) is 1. The highest BCUT2D eigenvalue weighted by molar-refractivity contribution is 14.1. The highest BCUT2D eigenvalue weighted by atomic mass is 127. The highest BCUT2D eigenvalue weighted by Gasteiger charge is 2.14. The Kier molecular flexibility index (Phi) is 5.85. The fraction of sp³-hybridized carbons (Fsp3) is 0.300. The molecule has 0 bridgehead atoms. The van der Waals surface area contributed by atoms with Crippen LogP contribution < -0.4 is 5.32 Å². The fourth-order valence-corrected chi connectivity index (χ4v) is 2.32. The van der Waals surface area contributed by atoms with Crippen LogP contribution >= 0.6 is 50.1 Å². The SMILES string of the molecule is COC(=O)C(Br)CNc1ccc(I)cc1Cl. The van der Waals surface area contributed by atoms with Crippen LogP contribution in [0.2, 0.25) is 5.02 Å². The molecule has 6 heteroatoms. The van der Waals surface area contributed by atoms with E-state index in [1.54, 1.807) is 0 Å². The number of carbonyl (C=O) groups is 1. The van der Waals surface area contributed by atoms with Gasteiger partial charge in [0.15, 0.2) is 0 Å². The Bertz CT molecular complexity index is 389. The van der Waals surface area contributed by atoms with Crippen molar-refractivity contribution < 1.29 is 9.53 Å². The molecule has 1 N–H and O–H groups in total. The molecule has 1 unspecified atom stereocenters. The molecule has 0 spiro atoms. The molecule has 0 aliphatic heterocycles. The minimum absolute atomic E-state index is 0.311. The molecule has 1 aromatic carbocycles. The van der Waals surface area contributed by atoms with Gasteiger partial charge in [-0.1, -0.05) is 27.5 Å². The number of methoxy groups -OCH3 is 1. The zero-order valence-corrected chi connectivity index (χ0v) is 13.0. The van der Waals surface area contributed by atoms with Crippen molar-refractivity contribution in [2.24, 2.45) is 0 Å². The van der Waals surface area contributed by atoms with Crippen LogP contribution in [0.15, 0.2) is 18.2 Å². The van der Waals surface area contributed by atoms with Crippen LogP contribution in [0.1, 0.15) is 0 Å². The molecule has 1 rings (SSSR count). The van der Waals surface area contributed by atoms with E-state index in [1.165, 1.54) is 7.11 Å². The molecule has 0 saturated heterocycles. The maximum Gasteiger partial charge on any atom is 0.321 e. The molecule has 0 radical (unpaired) electrons. The van der Waals surface area contributed by atoms with E-state index in [0.29, 0.717) is 11.6 Å². The summed E-state index contributed by atoms with van der Waals surface area (Å²) in [5.74, 6) is -0.311. The normalized spacial score (nSPS) is 12.0. The van der Waals surface area contributed by atoms with E-state index in [4.69, 9.17) is 11.6 Å². The average molecular weight is 418 g/mol. The van der Waals surface area contributed by atoms with Gasteiger partial charge in [-0.15, -0.1) is 0 Å². The van der Waals surface area contributed by atoms with Gasteiger partial charge in [0.25, 0.3) is 0 Å². The Labute approximate surface area is 121 Å². The van der Waals surface area contributed by atoms with Crippen LogP contribution in [-0.2, 0) is 9.53 Å². The van der Waals surface area contributed by atoms with Gasteiger partial charge in [0.2, 0.25) is 0 Å². The van der Waals surface area contributed by atoms with Crippen molar-refractivity contribution in [2.45, 2.75) is 4.83 Å². The van der Waals surface area contributed by atoms with Crippen molar-refractivity contribution >= 4 is 61.8 Å². The molecule has 0 fully saturated rings. The van der Waals surface area contributed by atoms with Gasteiger partial charge in [-0.05, 0) is 40.8 Å². The summed E-state index contributed by atoms with van der Waals surface area (Å²) in [4.78, 5) is 10.7. The van der Waals surface area contributed by atoms with E-state index in [2.05, 4.69) is 48.6 Å². The molecule has 1 atom stereocenters. The predicted octanol–water partition coefficient (Wildman–Crippen LogP) is 3.29. The topological polar surface area (TPSA) is 38.3 Å². The van der Waals surface area contributed by atoms with Crippen LogP contribution in [-0.4, -0.2) is 24.5 Å². The Morgan fingerprint density at radius 3 is 2.94 bits per heavy atom. The molecule has 16 heavy (non-hydrogen) atoms. The van der Waals surface area contributed by atoms with Gasteiger partial charge in [-0.2, -0.15) is 0 Å². The van der Waals surface area contributed by atoms with Crippen molar-refractivity contribution in [3.8, 4) is 0 Å². The average Bonchev–Trinajstić information content (AvgIpc) is 2.26. The van der Waals surface area contributed by atoms with Crippen molar-refractivity contribution in [1.82, 2.24) is 0 Å². The second kappa shape index (κ2) is 6.66. The maximum atomic E-state index is 11.1. The number of alkyl halides is 1. The number of anilines is 1. The van der Waals surface area contributed by atoms with Gasteiger partial charge in [-0.25, -0.2) is 0 Å². The molecule has 0 aliphatic carbocycles. The largest absolute Gasteiger partial charge is 0.468 e. The van der Waals surface area contributed by atoms with Gasteiger partial charge in [0.1, 0.15) is 4.83 Å². The van der Waals surface area contributed by atoms with Gasteiger partial charge in [0, 0.05) is 10.1 Å². The molecule has 0 aromatic heterocycles. The quantitative estimate of drug-likeness (QED) is 0.463. The van der Waals surface area contributed by atoms with Crippen molar-refractivity contribution in [3.63, 3.8) is 0 Å². The van der Waals surface area contributed by atoms with Crippen LogP contribution in [0.3, 0.4) is 0 Å². The van der Waals surface area contributed by atoms with Crippen LogP contribution in [0.5, 0.6) is 0 Å². The van der Waals surface area contributed by atoms with E-state index < -0.39 is 0 Å². The first kappa shape index (κ1) is 14.1. The Balaban J connectivity index is 2.58. The maximum absolute atomic E-state index is 11.1.